The van der Waals surface area contributed by atoms with E-state index in [9.17, 15) is 9.90 Å². The zero-order valence-electron chi connectivity index (χ0n) is 16.6. The molecule has 5 nitrogen and oxygen atoms in total. The van der Waals surface area contributed by atoms with Crippen molar-refractivity contribution in [3.05, 3.63) is 29.0 Å². The fraction of sp³-hybridized carbons (Fsp3) is 0.609. The Balaban J connectivity index is 1.65. The van der Waals surface area contributed by atoms with E-state index in [1.165, 1.54) is 12.8 Å². The average Bonchev–Trinajstić information content (AvgIpc) is 3.63. The highest BCUT2D eigenvalue weighted by Crippen LogP contribution is 2.45. The molecule has 28 heavy (non-hydrogen) atoms. The summed E-state index contributed by atoms with van der Waals surface area (Å²) in [5.41, 5.74) is 3.20. The molecule has 0 atom stereocenters. The van der Waals surface area contributed by atoms with Gasteiger partial charge in [-0.3, -0.25) is 0 Å². The van der Waals surface area contributed by atoms with Gasteiger partial charge < -0.3 is 19.2 Å². The number of carboxylic acids is 1. The van der Waals surface area contributed by atoms with E-state index < -0.39 is 5.97 Å². The van der Waals surface area contributed by atoms with Crippen LogP contribution in [0, 0.1) is 5.92 Å². The summed E-state index contributed by atoms with van der Waals surface area (Å²) >= 11 is 0. The van der Waals surface area contributed by atoms with Crippen molar-refractivity contribution in [1.29, 1.82) is 0 Å². The molecule has 150 valence electrons. The van der Waals surface area contributed by atoms with Crippen LogP contribution in [0.1, 0.15) is 73.0 Å². The highest BCUT2D eigenvalue weighted by molar-refractivity contribution is 6.06. The van der Waals surface area contributed by atoms with Crippen LogP contribution in [0.3, 0.4) is 0 Å². The van der Waals surface area contributed by atoms with Crippen molar-refractivity contribution in [2.45, 2.75) is 63.8 Å². The molecule has 2 saturated carbocycles. The summed E-state index contributed by atoms with van der Waals surface area (Å²) < 4.78 is 11.8. The molecule has 0 bridgehead atoms. The van der Waals surface area contributed by atoms with Gasteiger partial charge in [0.2, 0.25) is 0 Å². The largest absolute Gasteiger partial charge is 0.478 e. The lowest BCUT2D eigenvalue weighted by atomic mass is 9.95. The number of aromatic carboxylic acids is 1. The molecule has 2 aliphatic carbocycles. The van der Waals surface area contributed by atoms with E-state index >= 15 is 0 Å². The maximum atomic E-state index is 12.3. The van der Waals surface area contributed by atoms with Gasteiger partial charge in [0.1, 0.15) is 11.3 Å². The van der Waals surface area contributed by atoms with Gasteiger partial charge in [-0.05, 0) is 62.5 Å². The van der Waals surface area contributed by atoms with Crippen LogP contribution in [0.2, 0.25) is 0 Å². The highest BCUT2D eigenvalue weighted by atomic mass is 16.5. The summed E-state index contributed by atoms with van der Waals surface area (Å²) in [5, 5.41) is 10.9. The van der Waals surface area contributed by atoms with E-state index in [-0.39, 0.29) is 0 Å². The minimum Gasteiger partial charge on any atom is -0.478 e. The molecule has 0 amide bonds. The lowest BCUT2D eigenvalue weighted by Gasteiger charge is -2.37. The van der Waals surface area contributed by atoms with Crippen LogP contribution in [0.4, 0.5) is 5.69 Å². The molecule has 3 aliphatic rings. The first-order chi connectivity index (χ1) is 13.7. The number of nitrogens with zero attached hydrogens (tertiary/aromatic N) is 1. The molecule has 1 saturated heterocycles. The minimum atomic E-state index is -0.842. The Hall–Kier alpha value is -2.01. The van der Waals surface area contributed by atoms with Crippen LogP contribution in [0.5, 0.6) is 0 Å². The first kappa shape index (κ1) is 18.0. The van der Waals surface area contributed by atoms with Crippen molar-refractivity contribution in [2.24, 2.45) is 5.92 Å². The Labute approximate surface area is 165 Å². The Kier molecular flexibility index (Phi) is 4.58. The molecule has 5 rings (SSSR count). The molecule has 1 N–H and O–H groups in total. The standard InChI is InChI=1S/C23H29NO4/c1-2-17-19(24(13-14-3-4-14)16-7-9-27-10-8-16)12-21-18(22(17)23(25)26)11-20(28-21)15-5-6-15/h11-12,14-16H,2-10,13H2,1H3,(H,25,26). The van der Waals surface area contributed by atoms with Gasteiger partial charge in [-0.2, -0.15) is 0 Å². The van der Waals surface area contributed by atoms with Crippen molar-refractivity contribution in [2.75, 3.05) is 24.7 Å². The van der Waals surface area contributed by atoms with E-state index in [4.69, 9.17) is 9.15 Å². The maximum Gasteiger partial charge on any atom is 0.336 e. The Morgan fingerprint density at radius 2 is 1.89 bits per heavy atom. The van der Waals surface area contributed by atoms with E-state index in [1.54, 1.807) is 0 Å². The van der Waals surface area contributed by atoms with Crippen molar-refractivity contribution < 1.29 is 19.1 Å². The predicted octanol–water partition coefficient (Wildman–Crippen LogP) is 4.97. The van der Waals surface area contributed by atoms with E-state index in [1.807, 2.05) is 6.07 Å². The third-order valence-corrected chi connectivity index (χ3v) is 6.57. The fourth-order valence-electron chi connectivity index (χ4n) is 4.68. The quantitative estimate of drug-likeness (QED) is 0.732. The van der Waals surface area contributed by atoms with Gasteiger partial charge >= 0.3 is 5.97 Å². The highest BCUT2D eigenvalue weighted by Gasteiger charge is 2.33. The molecule has 1 aliphatic heterocycles. The Morgan fingerprint density at radius 1 is 1.14 bits per heavy atom. The summed E-state index contributed by atoms with van der Waals surface area (Å²) in [6.07, 6.45) is 7.56. The number of hydrogen-bond donors (Lipinski definition) is 1. The Morgan fingerprint density at radius 3 is 2.50 bits per heavy atom. The summed E-state index contributed by atoms with van der Waals surface area (Å²) in [4.78, 5) is 14.8. The number of fused-ring (bicyclic) bond motifs is 1. The fourth-order valence-corrected chi connectivity index (χ4v) is 4.68. The molecule has 0 radical (unpaired) electrons. The monoisotopic (exact) mass is 383 g/mol. The van der Waals surface area contributed by atoms with Crippen LogP contribution < -0.4 is 4.90 Å². The summed E-state index contributed by atoms with van der Waals surface area (Å²) in [6.45, 7) is 4.65. The predicted molar refractivity (Wildman–Crippen MR) is 108 cm³/mol. The van der Waals surface area contributed by atoms with Gasteiger partial charge in [-0.15, -0.1) is 0 Å². The Bertz CT molecular complexity index is 888. The van der Waals surface area contributed by atoms with Gasteiger partial charge in [0.25, 0.3) is 0 Å². The summed E-state index contributed by atoms with van der Waals surface area (Å²) in [5.74, 6) is 1.32. The molecule has 2 heterocycles. The van der Waals surface area contributed by atoms with Crippen LogP contribution in [0.15, 0.2) is 16.5 Å². The van der Waals surface area contributed by atoms with Crippen LogP contribution in [-0.2, 0) is 11.2 Å². The van der Waals surface area contributed by atoms with Gasteiger partial charge in [-0.1, -0.05) is 6.92 Å². The van der Waals surface area contributed by atoms with Crippen molar-refractivity contribution >= 4 is 22.6 Å². The molecular formula is C23H29NO4. The number of furan rings is 1. The second-order valence-electron chi connectivity index (χ2n) is 8.68. The third kappa shape index (κ3) is 3.30. The van der Waals surface area contributed by atoms with Gasteiger partial charge in [-0.25, -0.2) is 4.79 Å². The number of ether oxygens (including phenoxy) is 1. The van der Waals surface area contributed by atoms with Crippen molar-refractivity contribution in [1.82, 2.24) is 0 Å². The first-order valence-electron chi connectivity index (χ1n) is 10.8. The van der Waals surface area contributed by atoms with Crippen LogP contribution >= 0.6 is 0 Å². The molecule has 0 spiro atoms. The normalized spacial score (nSPS) is 20.6. The van der Waals surface area contributed by atoms with E-state index in [2.05, 4.69) is 17.9 Å². The lowest BCUT2D eigenvalue weighted by molar-refractivity contribution is 0.0697. The molecule has 5 heteroatoms. The van der Waals surface area contributed by atoms with Gasteiger partial charge in [0.15, 0.2) is 0 Å². The molecule has 2 aromatic rings. The van der Waals surface area contributed by atoms with E-state index in [0.29, 0.717) is 23.9 Å². The molecular weight excluding hydrogens is 354 g/mol. The summed E-state index contributed by atoms with van der Waals surface area (Å²) in [7, 11) is 0. The van der Waals surface area contributed by atoms with Crippen molar-refractivity contribution in [3.8, 4) is 0 Å². The number of rotatable bonds is 7. The zero-order chi connectivity index (χ0) is 19.3. The van der Waals surface area contributed by atoms with E-state index in [0.717, 1.165) is 79.3 Å². The van der Waals surface area contributed by atoms with Gasteiger partial charge in [0, 0.05) is 48.9 Å². The van der Waals surface area contributed by atoms with Crippen LogP contribution in [0.25, 0.3) is 11.0 Å². The van der Waals surface area contributed by atoms with Gasteiger partial charge in [0.05, 0.1) is 5.56 Å². The molecule has 1 aromatic carbocycles. The SMILES string of the molecule is CCc1c(N(CC2CC2)C2CCOCC2)cc2oc(C3CC3)cc2c1C(=O)O. The molecule has 3 fully saturated rings. The smallest absolute Gasteiger partial charge is 0.336 e. The van der Waals surface area contributed by atoms with Crippen molar-refractivity contribution in [3.63, 3.8) is 0 Å². The third-order valence-electron chi connectivity index (χ3n) is 6.57. The lowest BCUT2D eigenvalue weighted by Crippen LogP contribution is -2.41. The number of benzene rings is 1. The molecule has 1 aromatic heterocycles. The summed E-state index contributed by atoms with van der Waals surface area (Å²) in [6, 6.07) is 4.53. The second-order valence-corrected chi connectivity index (χ2v) is 8.68. The topological polar surface area (TPSA) is 62.9 Å². The second kappa shape index (κ2) is 7.11. The molecule has 0 unspecified atom stereocenters. The number of carboxylic acid groups (broad SMARTS) is 1. The zero-order valence-corrected chi connectivity index (χ0v) is 16.6. The number of anilines is 1. The number of carbonyl (C=O) groups is 1. The number of hydrogen-bond acceptors (Lipinski definition) is 4. The maximum absolute atomic E-state index is 12.3. The minimum absolute atomic E-state index is 0.414. The van der Waals surface area contributed by atoms with Crippen LogP contribution in [-0.4, -0.2) is 36.9 Å². The first-order valence-corrected chi connectivity index (χ1v) is 10.8. The average molecular weight is 383 g/mol.